The zero-order valence-corrected chi connectivity index (χ0v) is 12.1. The average Bonchev–Trinajstić information content (AvgIpc) is 2.37. The molecule has 0 heterocycles. The molecule has 1 aromatic rings. The lowest BCUT2D eigenvalue weighted by Gasteiger charge is -2.09. The second-order valence-electron chi connectivity index (χ2n) is 4.03. The molecule has 8 nitrogen and oxygen atoms in total. The molecule has 0 unspecified atom stereocenters. The number of nitro groups is 1. The Kier molecular flexibility index (Phi) is 5.42. The molecular formula is C12H14N2O6S. The molecule has 0 atom stereocenters. The molecule has 21 heavy (non-hydrogen) atoms. The topological polar surface area (TPSA) is 116 Å². The van der Waals surface area contributed by atoms with Crippen LogP contribution in [0.2, 0.25) is 0 Å². The van der Waals surface area contributed by atoms with Gasteiger partial charge in [0.2, 0.25) is 5.91 Å². The van der Waals surface area contributed by atoms with Crippen molar-refractivity contribution in [1.82, 2.24) is 0 Å². The molecule has 0 aliphatic rings. The molecule has 1 rings (SSSR count). The minimum Gasteiger partial charge on any atom is -0.495 e. The molecule has 1 aromatic carbocycles. The number of amides is 1. The summed E-state index contributed by atoms with van der Waals surface area (Å²) in [6, 6.07) is 3.62. The number of carbonyl (C=O) groups is 1. The predicted molar refractivity (Wildman–Crippen MR) is 77.1 cm³/mol. The highest BCUT2D eigenvalue weighted by Crippen LogP contribution is 2.28. The van der Waals surface area contributed by atoms with Gasteiger partial charge in [-0.25, -0.2) is 8.42 Å². The number of nitro benzene ring substituents is 1. The Morgan fingerprint density at radius 1 is 1.52 bits per heavy atom. The Morgan fingerprint density at radius 2 is 2.19 bits per heavy atom. The summed E-state index contributed by atoms with van der Waals surface area (Å²) in [5.74, 6) is -1.69. The Hall–Kier alpha value is -2.42. The van der Waals surface area contributed by atoms with Gasteiger partial charge in [0.15, 0.2) is 9.84 Å². The number of anilines is 1. The van der Waals surface area contributed by atoms with Gasteiger partial charge in [0.25, 0.3) is 5.69 Å². The van der Waals surface area contributed by atoms with Crippen molar-refractivity contribution in [2.45, 2.75) is 0 Å². The number of ether oxygens (including phenoxy) is 1. The molecule has 0 aliphatic carbocycles. The quantitative estimate of drug-likeness (QED) is 0.458. The van der Waals surface area contributed by atoms with E-state index in [-0.39, 0.29) is 22.9 Å². The van der Waals surface area contributed by atoms with Crippen LogP contribution < -0.4 is 10.1 Å². The van der Waals surface area contributed by atoms with E-state index in [4.69, 9.17) is 4.74 Å². The van der Waals surface area contributed by atoms with Gasteiger partial charge >= 0.3 is 0 Å². The first-order valence-corrected chi connectivity index (χ1v) is 7.55. The molecule has 1 amide bonds. The van der Waals surface area contributed by atoms with E-state index in [0.717, 1.165) is 6.07 Å². The van der Waals surface area contributed by atoms with Crippen LogP contribution in [-0.4, -0.2) is 37.9 Å². The number of hydrogen-bond donors (Lipinski definition) is 1. The van der Waals surface area contributed by atoms with Gasteiger partial charge in [0.05, 0.1) is 23.5 Å². The summed E-state index contributed by atoms with van der Waals surface area (Å²) in [7, 11) is -2.28. The van der Waals surface area contributed by atoms with E-state index in [1.807, 2.05) is 0 Å². The van der Waals surface area contributed by atoms with Crippen LogP contribution in [-0.2, 0) is 14.6 Å². The number of nitrogens with zero attached hydrogens (tertiary/aromatic N) is 1. The van der Waals surface area contributed by atoms with Crippen molar-refractivity contribution in [3.05, 3.63) is 41.0 Å². The van der Waals surface area contributed by atoms with Gasteiger partial charge < -0.3 is 10.1 Å². The van der Waals surface area contributed by atoms with E-state index in [1.54, 1.807) is 0 Å². The van der Waals surface area contributed by atoms with Crippen molar-refractivity contribution in [2.75, 3.05) is 23.9 Å². The smallest absolute Gasteiger partial charge is 0.271 e. The molecule has 0 spiro atoms. The van der Waals surface area contributed by atoms with E-state index in [2.05, 4.69) is 11.9 Å². The van der Waals surface area contributed by atoms with E-state index >= 15 is 0 Å². The SMILES string of the molecule is C=CCS(=O)(=O)CC(=O)Nc1cc([N+](=O)[O-])ccc1OC. The van der Waals surface area contributed by atoms with Crippen molar-refractivity contribution in [1.29, 1.82) is 0 Å². The lowest BCUT2D eigenvalue weighted by atomic mass is 10.2. The lowest BCUT2D eigenvalue weighted by molar-refractivity contribution is -0.384. The number of sulfone groups is 1. The van der Waals surface area contributed by atoms with Crippen molar-refractivity contribution in [2.24, 2.45) is 0 Å². The largest absolute Gasteiger partial charge is 0.495 e. The second kappa shape index (κ2) is 6.84. The number of carbonyl (C=O) groups excluding carboxylic acids is 1. The Labute approximate surface area is 121 Å². The van der Waals surface area contributed by atoms with Crippen molar-refractivity contribution in [3.8, 4) is 5.75 Å². The van der Waals surface area contributed by atoms with E-state index in [9.17, 15) is 23.3 Å². The second-order valence-corrected chi connectivity index (χ2v) is 6.14. The van der Waals surface area contributed by atoms with Gasteiger partial charge in [0, 0.05) is 12.1 Å². The van der Waals surface area contributed by atoms with Gasteiger partial charge in [-0.1, -0.05) is 6.08 Å². The molecule has 0 fully saturated rings. The third-order valence-electron chi connectivity index (χ3n) is 2.39. The summed E-state index contributed by atoms with van der Waals surface area (Å²) in [5, 5.41) is 13.0. The number of methoxy groups -OCH3 is 1. The molecular weight excluding hydrogens is 300 g/mol. The maximum atomic E-state index is 11.7. The van der Waals surface area contributed by atoms with E-state index < -0.39 is 26.4 Å². The normalized spacial score (nSPS) is 10.7. The van der Waals surface area contributed by atoms with Crippen molar-refractivity contribution < 1.29 is 22.9 Å². The highest BCUT2D eigenvalue weighted by molar-refractivity contribution is 7.92. The third-order valence-corrected chi connectivity index (χ3v) is 3.84. The third kappa shape index (κ3) is 4.88. The lowest BCUT2D eigenvalue weighted by Crippen LogP contribution is -2.24. The summed E-state index contributed by atoms with van der Waals surface area (Å²) in [6.45, 7) is 3.29. The summed E-state index contributed by atoms with van der Waals surface area (Å²) in [5.41, 5.74) is -0.217. The molecule has 0 saturated heterocycles. The van der Waals surface area contributed by atoms with Crippen LogP contribution in [0.25, 0.3) is 0 Å². The molecule has 0 saturated carbocycles. The molecule has 1 N–H and O–H groups in total. The van der Waals surface area contributed by atoms with Crippen LogP contribution >= 0.6 is 0 Å². The summed E-state index contributed by atoms with van der Waals surface area (Å²) in [4.78, 5) is 21.8. The predicted octanol–water partition coefficient (Wildman–Crippen LogP) is 1.14. The van der Waals surface area contributed by atoms with Gasteiger partial charge in [-0.15, -0.1) is 6.58 Å². The molecule has 0 aliphatic heterocycles. The Morgan fingerprint density at radius 3 is 2.71 bits per heavy atom. The monoisotopic (exact) mass is 314 g/mol. The number of hydrogen-bond acceptors (Lipinski definition) is 6. The first-order chi connectivity index (χ1) is 9.79. The van der Waals surface area contributed by atoms with Gasteiger partial charge in [0.1, 0.15) is 11.5 Å². The Bertz CT molecular complexity index is 668. The van der Waals surface area contributed by atoms with Crippen molar-refractivity contribution in [3.63, 3.8) is 0 Å². The average molecular weight is 314 g/mol. The molecule has 0 aromatic heterocycles. The molecule has 9 heteroatoms. The fourth-order valence-electron chi connectivity index (χ4n) is 1.53. The standard InChI is InChI=1S/C12H14N2O6S/c1-3-6-21(18,19)8-12(15)13-10-7-9(14(16)17)4-5-11(10)20-2/h3-5,7H,1,6,8H2,2H3,(H,13,15). The van der Waals surface area contributed by atoms with E-state index in [1.165, 1.54) is 25.3 Å². The highest BCUT2D eigenvalue weighted by atomic mass is 32.2. The molecule has 0 bridgehead atoms. The fraction of sp³-hybridized carbons (Fsp3) is 0.250. The molecule has 114 valence electrons. The van der Waals surface area contributed by atoms with Crippen LogP contribution in [0.15, 0.2) is 30.9 Å². The maximum Gasteiger partial charge on any atom is 0.271 e. The number of benzene rings is 1. The number of rotatable bonds is 7. The first-order valence-electron chi connectivity index (χ1n) is 5.72. The zero-order valence-electron chi connectivity index (χ0n) is 11.2. The maximum absolute atomic E-state index is 11.7. The van der Waals surface area contributed by atoms with Crippen LogP contribution in [0.4, 0.5) is 11.4 Å². The number of non-ortho nitro benzene ring substituents is 1. The Balaban J connectivity index is 2.95. The van der Waals surface area contributed by atoms with Crippen LogP contribution in [0.3, 0.4) is 0 Å². The first kappa shape index (κ1) is 16.6. The van der Waals surface area contributed by atoms with E-state index in [0.29, 0.717) is 0 Å². The van der Waals surface area contributed by atoms with Crippen molar-refractivity contribution >= 4 is 27.1 Å². The highest BCUT2D eigenvalue weighted by Gasteiger charge is 2.18. The summed E-state index contributed by atoms with van der Waals surface area (Å²) >= 11 is 0. The van der Waals surface area contributed by atoms with Gasteiger partial charge in [-0.3, -0.25) is 14.9 Å². The minimum atomic E-state index is -3.60. The van der Waals surface area contributed by atoms with Gasteiger partial charge in [-0.05, 0) is 6.07 Å². The zero-order chi connectivity index (χ0) is 16.0. The number of nitrogens with one attached hydrogen (secondary N) is 1. The summed E-state index contributed by atoms with van der Waals surface area (Å²) < 4.78 is 27.9. The van der Waals surface area contributed by atoms with Crippen LogP contribution in [0, 0.1) is 10.1 Å². The summed E-state index contributed by atoms with van der Waals surface area (Å²) in [6.07, 6.45) is 1.18. The minimum absolute atomic E-state index is 0.0329. The van der Waals surface area contributed by atoms with Crippen LogP contribution in [0.1, 0.15) is 0 Å². The fourth-order valence-corrected chi connectivity index (χ4v) is 2.48. The van der Waals surface area contributed by atoms with Gasteiger partial charge in [-0.2, -0.15) is 0 Å². The van der Waals surface area contributed by atoms with Crippen LogP contribution in [0.5, 0.6) is 5.75 Å². The molecule has 0 radical (unpaired) electrons.